The van der Waals surface area contributed by atoms with Crippen LogP contribution in [-0.4, -0.2) is 22.5 Å². The molecule has 0 aliphatic heterocycles. The number of amidine groups is 1. The molecule has 0 aliphatic rings. The number of benzene rings is 1. The van der Waals surface area contributed by atoms with Crippen LogP contribution in [0.5, 0.6) is 5.75 Å². The Hall–Kier alpha value is -2.30. The van der Waals surface area contributed by atoms with Crippen LogP contribution in [0, 0.1) is 19.3 Å². The number of nitrogens with one attached hydrogen (secondary N) is 1. The Balaban J connectivity index is 2.34. The van der Waals surface area contributed by atoms with Crippen molar-refractivity contribution in [2.75, 3.05) is 7.11 Å². The Morgan fingerprint density at radius 3 is 2.68 bits per heavy atom. The summed E-state index contributed by atoms with van der Waals surface area (Å²) in [6.07, 6.45) is 1.82. The smallest absolute Gasteiger partial charge is 0.129 e. The van der Waals surface area contributed by atoms with Crippen LogP contribution < -0.4 is 10.5 Å². The number of ether oxygens (including phenoxy) is 1. The molecule has 19 heavy (non-hydrogen) atoms. The van der Waals surface area contributed by atoms with Crippen molar-refractivity contribution in [3.8, 4) is 5.75 Å². The SMILES string of the molecule is COc1ccc(Cn2cnc(C)c2C)cc1C(=N)N. The zero-order valence-electron chi connectivity index (χ0n) is 11.4. The van der Waals surface area contributed by atoms with E-state index in [1.54, 1.807) is 7.11 Å². The molecular weight excluding hydrogens is 240 g/mol. The lowest BCUT2D eigenvalue weighted by Crippen LogP contribution is -2.13. The molecule has 0 spiro atoms. The van der Waals surface area contributed by atoms with Crippen LogP contribution in [-0.2, 0) is 6.54 Å². The number of nitrogens with zero attached hydrogens (tertiary/aromatic N) is 2. The van der Waals surface area contributed by atoms with Crippen LogP contribution in [0.1, 0.15) is 22.5 Å². The Bertz CT molecular complexity index is 616. The van der Waals surface area contributed by atoms with Crippen molar-refractivity contribution in [1.29, 1.82) is 5.41 Å². The molecular formula is C14H18N4O. The fourth-order valence-corrected chi connectivity index (χ4v) is 1.96. The predicted molar refractivity (Wildman–Crippen MR) is 74.8 cm³/mol. The van der Waals surface area contributed by atoms with E-state index in [1.165, 1.54) is 0 Å². The highest BCUT2D eigenvalue weighted by molar-refractivity contribution is 5.97. The molecule has 0 amide bonds. The van der Waals surface area contributed by atoms with Crippen LogP contribution in [0.2, 0.25) is 0 Å². The fraction of sp³-hybridized carbons (Fsp3) is 0.286. The number of aryl methyl sites for hydroxylation is 1. The molecule has 1 heterocycles. The van der Waals surface area contributed by atoms with Gasteiger partial charge in [-0.3, -0.25) is 5.41 Å². The molecule has 0 saturated heterocycles. The summed E-state index contributed by atoms with van der Waals surface area (Å²) in [5.74, 6) is 0.631. The first kappa shape index (κ1) is 13.1. The molecule has 0 aliphatic carbocycles. The average molecular weight is 258 g/mol. The lowest BCUT2D eigenvalue weighted by atomic mass is 10.1. The minimum Gasteiger partial charge on any atom is -0.496 e. The molecule has 0 atom stereocenters. The zero-order chi connectivity index (χ0) is 14.0. The second-order valence-electron chi connectivity index (χ2n) is 4.49. The van der Waals surface area contributed by atoms with E-state index >= 15 is 0 Å². The molecule has 5 heteroatoms. The van der Waals surface area contributed by atoms with Gasteiger partial charge >= 0.3 is 0 Å². The van der Waals surface area contributed by atoms with Crippen molar-refractivity contribution in [3.05, 3.63) is 47.0 Å². The number of rotatable bonds is 4. The van der Waals surface area contributed by atoms with Crippen molar-refractivity contribution in [2.45, 2.75) is 20.4 Å². The number of methoxy groups -OCH3 is 1. The summed E-state index contributed by atoms with van der Waals surface area (Å²) >= 11 is 0. The van der Waals surface area contributed by atoms with E-state index in [1.807, 2.05) is 38.4 Å². The summed E-state index contributed by atoms with van der Waals surface area (Å²) in [5, 5.41) is 7.58. The summed E-state index contributed by atoms with van der Waals surface area (Å²) in [4.78, 5) is 4.27. The van der Waals surface area contributed by atoms with Gasteiger partial charge in [0.15, 0.2) is 0 Å². The van der Waals surface area contributed by atoms with Crippen LogP contribution in [0.25, 0.3) is 0 Å². The van der Waals surface area contributed by atoms with Crippen molar-refractivity contribution in [2.24, 2.45) is 5.73 Å². The summed E-state index contributed by atoms with van der Waals surface area (Å²) < 4.78 is 7.27. The normalized spacial score (nSPS) is 10.5. The van der Waals surface area contributed by atoms with E-state index in [-0.39, 0.29) is 5.84 Å². The van der Waals surface area contributed by atoms with Gasteiger partial charge in [-0.1, -0.05) is 6.07 Å². The third kappa shape index (κ3) is 2.59. The second kappa shape index (κ2) is 5.14. The molecule has 5 nitrogen and oxygen atoms in total. The number of hydrogen-bond donors (Lipinski definition) is 2. The number of hydrogen-bond acceptors (Lipinski definition) is 3. The van der Waals surface area contributed by atoms with Crippen LogP contribution >= 0.6 is 0 Å². The molecule has 0 radical (unpaired) electrons. The maximum absolute atomic E-state index is 7.58. The predicted octanol–water partition coefficient (Wildman–Crippen LogP) is 1.84. The molecule has 0 bridgehead atoms. The molecule has 3 N–H and O–H groups in total. The van der Waals surface area contributed by atoms with E-state index in [9.17, 15) is 0 Å². The van der Waals surface area contributed by atoms with Crippen molar-refractivity contribution in [3.63, 3.8) is 0 Å². The molecule has 0 fully saturated rings. The van der Waals surface area contributed by atoms with Gasteiger partial charge in [0.1, 0.15) is 11.6 Å². The molecule has 2 aromatic rings. The summed E-state index contributed by atoms with van der Waals surface area (Å²) in [5.41, 5.74) is 9.42. The van der Waals surface area contributed by atoms with Gasteiger partial charge in [-0.15, -0.1) is 0 Å². The number of nitrogens with two attached hydrogens (primary N) is 1. The molecule has 0 unspecified atom stereocenters. The van der Waals surface area contributed by atoms with E-state index < -0.39 is 0 Å². The minimum absolute atomic E-state index is 0.0113. The first-order chi connectivity index (χ1) is 9.02. The lowest BCUT2D eigenvalue weighted by molar-refractivity contribution is 0.413. The minimum atomic E-state index is 0.0113. The summed E-state index contributed by atoms with van der Waals surface area (Å²) in [6.45, 7) is 4.73. The molecule has 1 aromatic carbocycles. The van der Waals surface area contributed by atoms with Gasteiger partial charge in [0.25, 0.3) is 0 Å². The molecule has 1 aromatic heterocycles. The number of nitrogen functional groups attached to an aromatic ring is 1. The van der Waals surface area contributed by atoms with Gasteiger partial charge < -0.3 is 15.0 Å². The van der Waals surface area contributed by atoms with Crippen LogP contribution in [0.4, 0.5) is 0 Å². The van der Waals surface area contributed by atoms with Crippen LogP contribution in [0.15, 0.2) is 24.5 Å². The monoisotopic (exact) mass is 258 g/mol. The maximum Gasteiger partial charge on any atom is 0.129 e. The average Bonchev–Trinajstić information content (AvgIpc) is 2.70. The zero-order valence-corrected chi connectivity index (χ0v) is 11.4. The van der Waals surface area contributed by atoms with E-state index in [0.29, 0.717) is 17.9 Å². The van der Waals surface area contributed by atoms with E-state index in [2.05, 4.69) is 9.55 Å². The van der Waals surface area contributed by atoms with Crippen molar-refractivity contribution in [1.82, 2.24) is 9.55 Å². The first-order valence-electron chi connectivity index (χ1n) is 6.02. The first-order valence-corrected chi connectivity index (χ1v) is 6.02. The van der Waals surface area contributed by atoms with Gasteiger partial charge in [0, 0.05) is 12.2 Å². The topological polar surface area (TPSA) is 76.9 Å². The molecule has 2 rings (SSSR count). The van der Waals surface area contributed by atoms with Gasteiger partial charge in [-0.05, 0) is 31.5 Å². The standard InChI is InChI=1S/C14H18N4O/c1-9-10(2)18(8-17-9)7-11-4-5-13(19-3)12(6-11)14(15)16/h4-6,8H,7H2,1-3H3,(H3,15,16). The Labute approximate surface area is 112 Å². The quantitative estimate of drug-likeness (QED) is 0.649. The van der Waals surface area contributed by atoms with Crippen molar-refractivity contribution >= 4 is 5.84 Å². The highest BCUT2D eigenvalue weighted by atomic mass is 16.5. The van der Waals surface area contributed by atoms with E-state index in [4.69, 9.17) is 15.9 Å². The number of imidazole rings is 1. The Morgan fingerprint density at radius 2 is 2.16 bits per heavy atom. The van der Waals surface area contributed by atoms with Gasteiger partial charge in [-0.25, -0.2) is 4.98 Å². The van der Waals surface area contributed by atoms with Gasteiger partial charge in [0.05, 0.1) is 24.7 Å². The van der Waals surface area contributed by atoms with Crippen molar-refractivity contribution < 1.29 is 4.74 Å². The third-order valence-electron chi connectivity index (χ3n) is 3.25. The number of aromatic nitrogens is 2. The largest absolute Gasteiger partial charge is 0.496 e. The Morgan fingerprint density at radius 1 is 1.42 bits per heavy atom. The Kier molecular flexibility index (Phi) is 3.55. The summed E-state index contributed by atoms with van der Waals surface area (Å²) in [6, 6.07) is 5.70. The molecule has 100 valence electrons. The van der Waals surface area contributed by atoms with Gasteiger partial charge in [-0.2, -0.15) is 0 Å². The molecule has 0 saturated carbocycles. The maximum atomic E-state index is 7.58. The van der Waals surface area contributed by atoms with Crippen LogP contribution in [0.3, 0.4) is 0 Å². The van der Waals surface area contributed by atoms with E-state index in [0.717, 1.165) is 17.0 Å². The van der Waals surface area contributed by atoms with Gasteiger partial charge in [0.2, 0.25) is 0 Å². The second-order valence-corrected chi connectivity index (χ2v) is 4.49. The fourth-order valence-electron chi connectivity index (χ4n) is 1.96. The highest BCUT2D eigenvalue weighted by Crippen LogP contribution is 2.20. The lowest BCUT2D eigenvalue weighted by Gasteiger charge is -2.11. The third-order valence-corrected chi connectivity index (χ3v) is 3.25. The highest BCUT2D eigenvalue weighted by Gasteiger charge is 2.09. The summed E-state index contributed by atoms with van der Waals surface area (Å²) in [7, 11) is 1.57.